The highest BCUT2D eigenvalue weighted by Crippen LogP contribution is 2.48. The summed E-state index contributed by atoms with van der Waals surface area (Å²) in [6.45, 7) is 0. The van der Waals surface area contributed by atoms with Crippen LogP contribution in [0.4, 0.5) is 0 Å². The van der Waals surface area contributed by atoms with Crippen molar-refractivity contribution in [3.63, 3.8) is 0 Å². The third-order valence-electron chi connectivity index (χ3n) is 1.94. The predicted molar refractivity (Wildman–Crippen MR) is 60.4 cm³/mol. The van der Waals surface area contributed by atoms with Gasteiger partial charge in [0.05, 0.1) is 32.9 Å². The monoisotopic (exact) mass is 276 g/mol. The molecule has 0 saturated carbocycles. The van der Waals surface area contributed by atoms with Crippen LogP contribution in [-0.4, -0.2) is 28.4 Å². The number of hydrogen-bond acceptors (Lipinski definition) is 4. The zero-order chi connectivity index (χ0) is 11.4. The fourth-order valence-electron chi connectivity index (χ4n) is 1.29. The normalized spacial score (nSPS) is 9.67. The molecular formula is C10H13BrO4. The van der Waals surface area contributed by atoms with E-state index in [2.05, 4.69) is 15.9 Å². The molecule has 84 valence electrons. The van der Waals surface area contributed by atoms with E-state index in [-0.39, 0.29) is 0 Å². The van der Waals surface area contributed by atoms with Gasteiger partial charge in [-0.25, -0.2) is 0 Å². The van der Waals surface area contributed by atoms with E-state index >= 15 is 0 Å². The smallest absolute Gasteiger partial charge is 0.208 e. The lowest BCUT2D eigenvalue weighted by Gasteiger charge is -2.16. The maximum Gasteiger partial charge on any atom is 0.208 e. The molecule has 5 heteroatoms. The fraction of sp³-hybridized carbons (Fsp3) is 0.400. The first-order valence-corrected chi connectivity index (χ1v) is 5.01. The van der Waals surface area contributed by atoms with Gasteiger partial charge in [0.2, 0.25) is 11.5 Å². The van der Waals surface area contributed by atoms with Gasteiger partial charge in [-0.1, -0.05) is 0 Å². The Morgan fingerprint density at radius 3 is 1.73 bits per heavy atom. The summed E-state index contributed by atoms with van der Waals surface area (Å²) in [5, 5.41) is 0. The number of rotatable bonds is 4. The molecule has 0 saturated heterocycles. The van der Waals surface area contributed by atoms with Crippen molar-refractivity contribution in [2.24, 2.45) is 0 Å². The van der Waals surface area contributed by atoms with Crippen LogP contribution in [0.2, 0.25) is 0 Å². The highest BCUT2D eigenvalue weighted by atomic mass is 79.9. The van der Waals surface area contributed by atoms with Crippen LogP contribution in [-0.2, 0) is 0 Å². The van der Waals surface area contributed by atoms with E-state index in [1.807, 2.05) is 0 Å². The minimum Gasteiger partial charge on any atom is -0.493 e. The fourth-order valence-corrected chi connectivity index (χ4v) is 1.84. The molecule has 0 unspecified atom stereocenters. The zero-order valence-corrected chi connectivity index (χ0v) is 10.7. The van der Waals surface area contributed by atoms with Gasteiger partial charge in [0.15, 0.2) is 11.5 Å². The second-order valence-corrected chi connectivity index (χ2v) is 3.51. The van der Waals surface area contributed by atoms with E-state index < -0.39 is 0 Å². The van der Waals surface area contributed by atoms with Crippen molar-refractivity contribution in [2.45, 2.75) is 0 Å². The first-order chi connectivity index (χ1) is 7.19. The van der Waals surface area contributed by atoms with Crippen LogP contribution >= 0.6 is 15.9 Å². The van der Waals surface area contributed by atoms with E-state index in [9.17, 15) is 0 Å². The summed E-state index contributed by atoms with van der Waals surface area (Å²) in [5.74, 6) is 2.18. The van der Waals surface area contributed by atoms with E-state index in [0.29, 0.717) is 23.0 Å². The highest BCUT2D eigenvalue weighted by molar-refractivity contribution is 9.10. The summed E-state index contributed by atoms with van der Waals surface area (Å²) in [4.78, 5) is 0. The van der Waals surface area contributed by atoms with Gasteiger partial charge >= 0.3 is 0 Å². The Bertz CT molecular complexity index is 352. The Labute approximate surface area is 97.2 Å². The summed E-state index contributed by atoms with van der Waals surface area (Å²) < 4.78 is 21.5. The maximum atomic E-state index is 5.22. The van der Waals surface area contributed by atoms with Gasteiger partial charge in [0.25, 0.3) is 0 Å². The summed E-state index contributed by atoms with van der Waals surface area (Å²) >= 11 is 3.36. The minimum absolute atomic E-state index is 0.506. The second-order valence-electron chi connectivity index (χ2n) is 2.66. The Hall–Kier alpha value is -1.10. The largest absolute Gasteiger partial charge is 0.493 e. The van der Waals surface area contributed by atoms with Crippen molar-refractivity contribution >= 4 is 15.9 Å². The third kappa shape index (κ3) is 2.12. The number of methoxy groups -OCH3 is 4. The number of ether oxygens (including phenoxy) is 4. The van der Waals surface area contributed by atoms with Gasteiger partial charge in [-0.05, 0) is 15.9 Å². The van der Waals surface area contributed by atoms with Crippen molar-refractivity contribution < 1.29 is 18.9 Å². The molecular weight excluding hydrogens is 264 g/mol. The third-order valence-corrected chi connectivity index (χ3v) is 2.53. The topological polar surface area (TPSA) is 36.9 Å². The standard InChI is InChI=1S/C10H13BrO4/c1-12-7-5-6(11)8(13-2)10(15-4)9(7)14-3/h5H,1-4H3. The predicted octanol–water partition coefficient (Wildman–Crippen LogP) is 2.48. The first-order valence-electron chi connectivity index (χ1n) is 4.22. The molecule has 0 fully saturated rings. The van der Waals surface area contributed by atoms with Gasteiger partial charge in [-0.2, -0.15) is 0 Å². The van der Waals surface area contributed by atoms with E-state index in [4.69, 9.17) is 18.9 Å². The van der Waals surface area contributed by atoms with Crippen molar-refractivity contribution in [2.75, 3.05) is 28.4 Å². The molecule has 0 N–H and O–H groups in total. The van der Waals surface area contributed by atoms with Crippen molar-refractivity contribution in [3.8, 4) is 23.0 Å². The van der Waals surface area contributed by atoms with Gasteiger partial charge < -0.3 is 18.9 Å². The van der Waals surface area contributed by atoms with Crippen LogP contribution in [0.5, 0.6) is 23.0 Å². The molecule has 0 aromatic heterocycles. The van der Waals surface area contributed by atoms with Gasteiger partial charge in [-0.15, -0.1) is 0 Å². The number of hydrogen-bond donors (Lipinski definition) is 0. The van der Waals surface area contributed by atoms with Gasteiger partial charge in [0, 0.05) is 6.07 Å². The van der Waals surface area contributed by atoms with Crippen molar-refractivity contribution in [1.82, 2.24) is 0 Å². The lowest BCUT2D eigenvalue weighted by Crippen LogP contribution is -1.98. The Balaban J connectivity index is 3.44. The molecule has 0 spiro atoms. The molecule has 0 atom stereocenters. The van der Waals surface area contributed by atoms with Crippen LogP contribution in [0.3, 0.4) is 0 Å². The molecule has 1 aromatic rings. The Morgan fingerprint density at radius 2 is 1.33 bits per heavy atom. The Morgan fingerprint density at radius 1 is 0.800 bits per heavy atom. The summed E-state index contributed by atoms with van der Waals surface area (Å²) in [6.07, 6.45) is 0. The molecule has 0 radical (unpaired) electrons. The van der Waals surface area contributed by atoms with E-state index in [1.54, 1.807) is 34.5 Å². The summed E-state index contributed by atoms with van der Waals surface area (Å²) in [7, 11) is 6.23. The number of halogens is 1. The molecule has 0 aliphatic heterocycles. The van der Waals surface area contributed by atoms with Crippen LogP contribution < -0.4 is 18.9 Å². The van der Waals surface area contributed by atoms with Crippen molar-refractivity contribution in [1.29, 1.82) is 0 Å². The molecule has 0 aliphatic rings. The number of benzene rings is 1. The molecule has 1 rings (SSSR count). The molecule has 1 aromatic carbocycles. The summed E-state index contributed by atoms with van der Waals surface area (Å²) in [5.41, 5.74) is 0. The zero-order valence-electron chi connectivity index (χ0n) is 9.09. The molecule has 0 aliphatic carbocycles. The van der Waals surface area contributed by atoms with Crippen LogP contribution in [0.1, 0.15) is 0 Å². The average Bonchev–Trinajstić information content (AvgIpc) is 2.27. The second kappa shape index (κ2) is 5.11. The SMILES string of the molecule is COc1cc(Br)c(OC)c(OC)c1OC. The lowest BCUT2D eigenvalue weighted by molar-refractivity contribution is 0.304. The quantitative estimate of drug-likeness (QED) is 0.847. The molecule has 15 heavy (non-hydrogen) atoms. The van der Waals surface area contributed by atoms with Gasteiger partial charge in [-0.3, -0.25) is 0 Å². The summed E-state index contributed by atoms with van der Waals surface area (Å²) in [6, 6.07) is 1.76. The Kier molecular flexibility index (Phi) is 4.08. The first kappa shape index (κ1) is 12.0. The van der Waals surface area contributed by atoms with E-state index in [0.717, 1.165) is 4.47 Å². The van der Waals surface area contributed by atoms with Crippen LogP contribution in [0, 0.1) is 0 Å². The lowest BCUT2D eigenvalue weighted by atomic mass is 10.2. The molecule has 0 heterocycles. The minimum atomic E-state index is 0.506. The van der Waals surface area contributed by atoms with E-state index in [1.165, 1.54) is 0 Å². The van der Waals surface area contributed by atoms with Crippen LogP contribution in [0.15, 0.2) is 10.5 Å². The molecule has 0 amide bonds. The maximum absolute atomic E-state index is 5.22. The highest BCUT2D eigenvalue weighted by Gasteiger charge is 2.19. The van der Waals surface area contributed by atoms with Gasteiger partial charge in [0.1, 0.15) is 0 Å². The van der Waals surface area contributed by atoms with Crippen LogP contribution in [0.25, 0.3) is 0 Å². The van der Waals surface area contributed by atoms with Crippen molar-refractivity contribution in [3.05, 3.63) is 10.5 Å². The molecule has 4 nitrogen and oxygen atoms in total. The average molecular weight is 277 g/mol. The molecule has 0 bridgehead atoms.